The Morgan fingerprint density at radius 3 is 2.33 bits per heavy atom. The second-order valence-corrected chi connectivity index (χ2v) is 3.73. The Morgan fingerprint density at radius 1 is 1.07 bits per heavy atom. The van der Waals surface area contributed by atoms with Crippen LogP contribution >= 0.6 is 0 Å². The van der Waals surface area contributed by atoms with Gasteiger partial charge in [-0.1, -0.05) is 12.8 Å². The number of anilines is 1. The molecule has 82 valence electrons. The number of H-pyrrole nitrogens is 2. The molecule has 1 saturated heterocycles. The van der Waals surface area contributed by atoms with E-state index in [0.29, 0.717) is 5.82 Å². The molecule has 0 aromatic carbocycles. The molecule has 1 aromatic rings. The molecule has 0 saturated carbocycles. The van der Waals surface area contributed by atoms with Crippen LogP contribution in [0.3, 0.4) is 0 Å². The Bertz CT molecular complexity index is 428. The Balaban J connectivity index is 2.27. The fourth-order valence-corrected chi connectivity index (χ4v) is 1.84. The molecule has 0 bridgehead atoms. The third-order valence-electron chi connectivity index (χ3n) is 2.60. The number of nitrogens with zero attached hydrogens (tertiary/aromatic N) is 2. The normalized spacial score (nSPS) is 17.5. The van der Waals surface area contributed by atoms with Crippen molar-refractivity contribution in [3.05, 3.63) is 20.8 Å². The molecule has 6 heteroatoms. The van der Waals surface area contributed by atoms with Gasteiger partial charge in [-0.2, -0.15) is 0 Å². The van der Waals surface area contributed by atoms with Crippen LogP contribution < -0.4 is 16.1 Å². The summed E-state index contributed by atoms with van der Waals surface area (Å²) in [5.74, 6) is 0.330. The number of aromatic nitrogens is 3. The largest absolute Gasteiger partial charge is 0.351 e. The predicted molar refractivity (Wildman–Crippen MR) is 56.2 cm³/mol. The zero-order valence-corrected chi connectivity index (χ0v) is 8.45. The van der Waals surface area contributed by atoms with Crippen molar-refractivity contribution in [3.63, 3.8) is 0 Å². The highest BCUT2D eigenvalue weighted by atomic mass is 16.2. The SMILES string of the molecule is O=c1[nH]nc(N2CCCCCC2)c(=O)[nH]1. The fourth-order valence-electron chi connectivity index (χ4n) is 1.84. The van der Waals surface area contributed by atoms with E-state index in [1.165, 1.54) is 12.8 Å². The maximum Gasteiger partial charge on any atom is 0.342 e. The van der Waals surface area contributed by atoms with Gasteiger partial charge in [0.15, 0.2) is 0 Å². The minimum Gasteiger partial charge on any atom is -0.351 e. The first-order chi connectivity index (χ1) is 7.27. The van der Waals surface area contributed by atoms with Gasteiger partial charge in [0, 0.05) is 13.1 Å². The molecule has 6 nitrogen and oxygen atoms in total. The maximum atomic E-state index is 11.5. The van der Waals surface area contributed by atoms with E-state index >= 15 is 0 Å². The molecule has 0 spiro atoms. The highest BCUT2D eigenvalue weighted by Gasteiger charge is 2.14. The molecule has 1 aliphatic rings. The molecule has 0 unspecified atom stereocenters. The van der Waals surface area contributed by atoms with Crippen LogP contribution in [0.1, 0.15) is 25.7 Å². The molecular formula is C9H14N4O2. The highest BCUT2D eigenvalue weighted by Crippen LogP contribution is 2.12. The van der Waals surface area contributed by atoms with Crippen molar-refractivity contribution in [1.29, 1.82) is 0 Å². The lowest BCUT2D eigenvalue weighted by molar-refractivity contribution is 0.726. The summed E-state index contributed by atoms with van der Waals surface area (Å²) < 4.78 is 0. The van der Waals surface area contributed by atoms with E-state index < -0.39 is 11.2 Å². The van der Waals surface area contributed by atoms with Crippen molar-refractivity contribution < 1.29 is 0 Å². The zero-order chi connectivity index (χ0) is 10.7. The maximum absolute atomic E-state index is 11.5. The lowest BCUT2D eigenvalue weighted by Gasteiger charge is -2.19. The zero-order valence-electron chi connectivity index (χ0n) is 8.45. The lowest BCUT2D eigenvalue weighted by atomic mass is 10.2. The van der Waals surface area contributed by atoms with Crippen molar-refractivity contribution in [2.75, 3.05) is 18.0 Å². The molecule has 0 amide bonds. The minimum atomic E-state index is -0.557. The van der Waals surface area contributed by atoms with Crippen LogP contribution in [0.5, 0.6) is 0 Å². The Hall–Kier alpha value is -1.59. The van der Waals surface area contributed by atoms with E-state index in [2.05, 4.69) is 15.2 Å². The number of rotatable bonds is 1. The van der Waals surface area contributed by atoms with Gasteiger partial charge in [-0.25, -0.2) is 9.89 Å². The van der Waals surface area contributed by atoms with Crippen LogP contribution in [0.15, 0.2) is 9.59 Å². The summed E-state index contributed by atoms with van der Waals surface area (Å²) in [6, 6.07) is 0. The average Bonchev–Trinajstić information content (AvgIpc) is 2.46. The summed E-state index contributed by atoms with van der Waals surface area (Å²) in [7, 11) is 0. The number of nitrogens with one attached hydrogen (secondary N) is 2. The first kappa shape index (κ1) is 9.95. The van der Waals surface area contributed by atoms with Crippen LogP contribution in [0.25, 0.3) is 0 Å². The minimum absolute atomic E-state index is 0.330. The van der Waals surface area contributed by atoms with Gasteiger partial charge in [-0.15, -0.1) is 5.10 Å². The van der Waals surface area contributed by atoms with Gasteiger partial charge < -0.3 is 4.90 Å². The van der Waals surface area contributed by atoms with Gasteiger partial charge in [0.05, 0.1) is 0 Å². The van der Waals surface area contributed by atoms with Crippen molar-refractivity contribution in [3.8, 4) is 0 Å². The summed E-state index contributed by atoms with van der Waals surface area (Å²) >= 11 is 0. The summed E-state index contributed by atoms with van der Waals surface area (Å²) in [6.45, 7) is 1.67. The first-order valence-electron chi connectivity index (χ1n) is 5.21. The van der Waals surface area contributed by atoms with Gasteiger partial charge in [-0.05, 0) is 12.8 Å². The summed E-state index contributed by atoms with van der Waals surface area (Å²) in [5.41, 5.74) is -0.959. The van der Waals surface area contributed by atoms with Crippen LogP contribution in [0.4, 0.5) is 5.82 Å². The van der Waals surface area contributed by atoms with Gasteiger partial charge in [0.1, 0.15) is 0 Å². The summed E-state index contributed by atoms with van der Waals surface area (Å²) in [4.78, 5) is 26.4. The molecule has 0 atom stereocenters. The van der Waals surface area contributed by atoms with Crippen molar-refractivity contribution in [2.24, 2.45) is 0 Å². The molecule has 15 heavy (non-hydrogen) atoms. The van der Waals surface area contributed by atoms with Crippen LogP contribution in [-0.2, 0) is 0 Å². The second kappa shape index (κ2) is 4.29. The standard InChI is InChI=1S/C9H14N4O2/c14-8-7(11-12-9(15)10-8)13-5-3-1-2-4-6-13/h1-6H2,(H2,10,12,14,15). The topological polar surface area (TPSA) is 81.8 Å². The van der Waals surface area contributed by atoms with E-state index in [1.807, 2.05) is 4.90 Å². The molecular weight excluding hydrogens is 196 g/mol. The monoisotopic (exact) mass is 210 g/mol. The number of hydrogen-bond acceptors (Lipinski definition) is 4. The van der Waals surface area contributed by atoms with Crippen LogP contribution in [-0.4, -0.2) is 28.3 Å². The molecule has 1 aromatic heterocycles. The second-order valence-electron chi connectivity index (χ2n) is 3.73. The molecule has 0 radical (unpaired) electrons. The summed E-state index contributed by atoms with van der Waals surface area (Å²) in [6.07, 6.45) is 4.52. The van der Waals surface area contributed by atoms with E-state index in [0.717, 1.165) is 25.9 Å². The van der Waals surface area contributed by atoms with Crippen LogP contribution in [0, 0.1) is 0 Å². The smallest absolute Gasteiger partial charge is 0.342 e. The highest BCUT2D eigenvalue weighted by molar-refractivity contribution is 5.33. The third kappa shape index (κ3) is 2.26. The predicted octanol–water partition coefficient (Wildman–Crippen LogP) is -0.161. The summed E-state index contributed by atoms with van der Waals surface area (Å²) in [5, 5.41) is 6.04. The van der Waals surface area contributed by atoms with Crippen molar-refractivity contribution in [2.45, 2.75) is 25.7 Å². The number of aromatic amines is 2. The van der Waals surface area contributed by atoms with Crippen molar-refractivity contribution in [1.82, 2.24) is 15.2 Å². The fraction of sp³-hybridized carbons (Fsp3) is 0.667. The van der Waals surface area contributed by atoms with Gasteiger partial charge >= 0.3 is 5.69 Å². The van der Waals surface area contributed by atoms with Gasteiger partial charge in [0.2, 0.25) is 5.82 Å². The van der Waals surface area contributed by atoms with Crippen molar-refractivity contribution >= 4 is 5.82 Å². The molecule has 2 N–H and O–H groups in total. The molecule has 1 aliphatic heterocycles. The van der Waals surface area contributed by atoms with E-state index in [-0.39, 0.29) is 0 Å². The number of hydrogen-bond donors (Lipinski definition) is 2. The average molecular weight is 210 g/mol. The molecule has 0 aliphatic carbocycles. The van der Waals surface area contributed by atoms with Gasteiger partial charge in [0.25, 0.3) is 5.56 Å². The quantitative estimate of drug-likeness (QED) is 0.674. The Morgan fingerprint density at radius 2 is 1.73 bits per heavy atom. The van der Waals surface area contributed by atoms with Gasteiger partial charge in [-0.3, -0.25) is 9.78 Å². The molecule has 1 fully saturated rings. The molecule has 2 rings (SSSR count). The third-order valence-corrected chi connectivity index (χ3v) is 2.60. The first-order valence-corrected chi connectivity index (χ1v) is 5.21. The van der Waals surface area contributed by atoms with E-state index in [4.69, 9.17) is 0 Å². The van der Waals surface area contributed by atoms with E-state index in [1.54, 1.807) is 0 Å². The Labute approximate surface area is 86.3 Å². The molecule has 2 heterocycles. The van der Waals surface area contributed by atoms with Crippen LogP contribution in [0.2, 0.25) is 0 Å². The van der Waals surface area contributed by atoms with E-state index in [9.17, 15) is 9.59 Å². The Kier molecular flexibility index (Phi) is 2.84. The lowest BCUT2D eigenvalue weighted by Crippen LogP contribution is -2.35.